The van der Waals surface area contributed by atoms with Crippen LogP contribution in [0.15, 0.2) is 42.5 Å². The summed E-state index contributed by atoms with van der Waals surface area (Å²) in [7, 11) is 1.94. The van der Waals surface area contributed by atoms with Gasteiger partial charge in [0.1, 0.15) is 5.69 Å². The lowest BCUT2D eigenvalue weighted by atomic mass is 10.2. The molecular formula is C15H17IN2O. The summed E-state index contributed by atoms with van der Waals surface area (Å²) in [5.74, 6) is 0.720. The molecule has 1 amide bonds. The van der Waals surface area contributed by atoms with Crippen LogP contribution in [0.4, 0.5) is 5.82 Å². The Balaban J connectivity index is 0.00000180. The Morgan fingerprint density at radius 1 is 1.11 bits per heavy atom. The van der Waals surface area contributed by atoms with Crippen LogP contribution in [0, 0.1) is 13.8 Å². The molecule has 1 aromatic heterocycles. The maximum atomic E-state index is 12.1. The van der Waals surface area contributed by atoms with Gasteiger partial charge in [0.25, 0.3) is 5.82 Å². The van der Waals surface area contributed by atoms with Crippen LogP contribution >= 0.6 is 0 Å². The fourth-order valence-corrected chi connectivity index (χ4v) is 1.87. The number of carbonyl (C=O) groups is 1. The molecule has 0 aliphatic carbocycles. The zero-order valence-corrected chi connectivity index (χ0v) is 13.4. The lowest BCUT2D eigenvalue weighted by Gasteiger charge is -2.06. The fourth-order valence-electron chi connectivity index (χ4n) is 1.87. The average Bonchev–Trinajstić information content (AvgIpc) is 2.36. The van der Waals surface area contributed by atoms with Gasteiger partial charge in [0.15, 0.2) is 0 Å². The summed E-state index contributed by atoms with van der Waals surface area (Å²) in [6.45, 7) is 4.04. The van der Waals surface area contributed by atoms with Gasteiger partial charge in [-0.15, -0.1) is 0 Å². The highest BCUT2D eigenvalue weighted by atomic mass is 127. The molecule has 4 heteroatoms. The van der Waals surface area contributed by atoms with E-state index in [0.29, 0.717) is 5.56 Å². The van der Waals surface area contributed by atoms with E-state index in [1.165, 1.54) is 0 Å². The minimum Gasteiger partial charge on any atom is -1.00 e. The van der Waals surface area contributed by atoms with Gasteiger partial charge in [-0.05, 0) is 37.6 Å². The quantitative estimate of drug-likeness (QED) is 0.557. The molecule has 0 saturated carbocycles. The molecule has 0 unspecified atom stereocenters. The lowest BCUT2D eigenvalue weighted by molar-refractivity contribution is -0.663. The number of rotatable bonds is 2. The van der Waals surface area contributed by atoms with E-state index in [4.69, 9.17) is 0 Å². The molecule has 3 nitrogen and oxygen atoms in total. The minimum absolute atomic E-state index is 0. The maximum absolute atomic E-state index is 12.1. The molecule has 0 radical (unpaired) electrons. The van der Waals surface area contributed by atoms with E-state index in [1.807, 2.05) is 49.7 Å². The zero-order chi connectivity index (χ0) is 13.1. The predicted octanol–water partition coefficient (Wildman–Crippen LogP) is -0.616. The van der Waals surface area contributed by atoms with Gasteiger partial charge in [0.05, 0.1) is 12.6 Å². The van der Waals surface area contributed by atoms with Gasteiger partial charge < -0.3 is 24.0 Å². The van der Waals surface area contributed by atoms with E-state index in [-0.39, 0.29) is 29.9 Å². The first-order valence-corrected chi connectivity index (χ1v) is 5.91. The SMILES string of the molecule is Cc1cc(C)[n+](C)c(NC(=O)c2ccccc2)c1.[I-]. The Morgan fingerprint density at radius 3 is 2.37 bits per heavy atom. The van der Waals surface area contributed by atoms with Crippen molar-refractivity contribution in [1.29, 1.82) is 0 Å². The average molecular weight is 368 g/mol. The second kappa shape index (κ2) is 6.65. The Kier molecular flexibility index (Phi) is 5.47. The Morgan fingerprint density at radius 2 is 1.74 bits per heavy atom. The first kappa shape index (κ1) is 15.6. The van der Waals surface area contributed by atoms with Crippen molar-refractivity contribution in [2.45, 2.75) is 13.8 Å². The number of halogens is 1. The zero-order valence-electron chi connectivity index (χ0n) is 11.3. The number of aromatic nitrogens is 1. The van der Waals surface area contributed by atoms with Crippen LogP contribution in [0.25, 0.3) is 0 Å². The second-order valence-corrected chi connectivity index (χ2v) is 4.44. The minimum atomic E-state index is -0.0869. The number of anilines is 1. The van der Waals surface area contributed by atoms with E-state index in [2.05, 4.69) is 11.4 Å². The van der Waals surface area contributed by atoms with E-state index in [9.17, 15) is 4.79 Å². The molecule has 0 aliphatic rings. The molecule has 0 spiro atoms. The summed E-state index contributed by atoms with van der Waals surface area (Å²) in [6, 6.07) is 13.3. The molecule has 0 aliphatic heterocycles. The van der Waals surface area contributed by atoms with Crippen LogP contribution in [0.3, 0.4) is 0 Å². The highest BCUT2D eigenvalue weighted by Gasteiger charge is 2.15. The molecule has 2 aromatic rings. The fraction of sp³-hybridized carbons (Fsp3) is 0.200. The van der Waals surface area contributed by atoms with E-state index < -0.39 is 0 Å². The highest BCUT2D eigenvalue weighted by Crippen LogP contribution is 2.08. The number of amides is 1. The molecular weight excluding hydrogens is 351 g/mol. The summed E-state index contributed by atoms with van der Waals surface area (Å²) in [5.41, 5.74) is 2.91. The number of hydrogen-bond acceptors (Lipinski definition) is 1. The van der Waals surface area contributed by atoms with E-state index in [0.717, 1.165) is 17.1 Å². The molecule has 0 atom stereocenters. The molecule has 0 fully saturated rings. The standard InChI is InChI=1S/C15H16N2O.HI/c1-11-9-12(2)17(3)14(10-11)16-15(18)13-7-5-4-6-8-13;/h4-10H,1-3H3;1H. The largest absolute Gasteiger partial charge is 1.00 e. The van der Waals surface area contributed by atoms with Gasteiger partial charge in [0, 0.05) is 6.07 Å². The lowest BCUT2D eigenvalue weighted by Crippen LogP contribution is -3.00. The van der Waals surface area contributed by atoms with Crippen LogP contribution < -0.4 is 33.9 Å². The normalized spacial score (nSPS) is 9.63. The monoisotopic (exact) mass is 368 g/mol. The topological polar surface area (TPSA) is 33.0 Å². The summed E-state index contributed by atoms with van der Waals surface area (Å²) >= 11 is 0. The molecule has 1 aromatic carbocycles. The van der Waals surface area contributed by atoms with Crippen molar-refractivity contribution in [3.63, 3.8) is 0 Å². The maximum Gasteiger partial charge on any atom is 0.339 e. The number of aryl methyl sites for hydroxylation is 2. The predicted molar refractivity (Wildman–Crippen MR) is 71.5 cm³/mol. The van der Waals surface area contributed by atoms with Crippen molar-refractivity contribution >= 4 is 11.7 Å². The molecule has 1 N–H and O–H groups in total. The van der Waals surface area contributed by atoms with Crippen molar-refractivity contribution in [2.75, 3.05) is 5.32 Å². The van der Waals surface area contributed by atoms with Gasteiger partial charge in [-0.25, -0.2) is 14.7 Å². The van der Waals surface area contributed by atoms with E-state index >= 15 is 0 Å². The Labute approximate surface area is 130 Å². The summed E-state index contributed by atoms with van der Waals surface area (Å²) in [5, 5.41) is 2.93. The van der Waals surface area contributed by atoms with E-state index in [1.54, 1.807) is 12.1 Å². The third kappa shape index (κ3) is 3.76. The summed E-state index contributed by atoms with van der Waals surface area (Å²) < 4.78 is 1.97. The smallest absolute Gasteiger partial charge is 0.339 e. The number of nitrogens with one attached hydrogen (secondary N) is 1. The number of carbonyl (C=O) groups excluding carboxylic acids is 1. The molecule has 19 heavy (non-hydrogen) atoms. The van der Waals surface area contributed by atoms with Crippen molar-refractivity contribution in [1.82, 2.24) is 0 Å². The molecule has 2 rings (SSSR count). The third-order valence-electron chi connectivity index (χ3n) is 2.97. The molecule has 0 saturated heterocycles. The Hall–Kier alpha value is -1.43. The third-order valence-corrected chi connectivity index (χ3v) is 2.97. The van der Waals surface area contributed by atoms with Gasteiger partial charge in [-0.1, -0.05) is 18.2 Å². The summed E-state index contributed by atoms with van der Waals surface area (Å²) in [4.78, 5) is 12.1. The summed E-state index contributed by atoms with van der Waals surface area (Å²) in [6.07, 6.45) is 0. The first-order chi connectivity index (χ1) is 8.58. The molecule has 1 heterocycles. The number of benzene rings is 1. The molecule has 100 valence electrons. The molecule has 0 bridgehead atoms. The van der Waals surface area contributed by atoms with Crippen LogP contribution in [0.5, 0.6) is 0 Å². The first-order valence-electron chi connectivity index (χ1n) is 5.91. The Bertz CT molecular complexity index is 582. The van der Waals surface area contributed by atoms with Crippen LogP contribution in [0.1, 0.15) is 21.6 Å². The van der Waals surface area contributed by atoms with Crippen molar-refractivity contribution in [3.05, 3.63) is 59.3 Å². The van der Waals surface area contributed by atoms with Crippen molar-refractivity contribution in [2.24, 2.45) is 7.05 Å². The van der Waals surface area contributed by atoms with Crippen LogP contribution in [-0.4, -0.2) is 5.91 Å². The van der Waals surface area contributed by atoms with Crippen LogP contribution in [-0.2, 0) is 7.05 Å². The van der Waals surface area contributed by atoms with Gasteiger partial charge in [-0.3, -0.25) is 0 Å². The van der Waals surface area contributed by atoms with Crippen molar-refractivity contribution in [3.8, 4) is 0 Å². The van der Waals surface area contributed by atoms with Gasteiger partial charge in [-0.2, -0.15) is 0 Å². The van der Waals surface area contributed by atoms with Crippen LogP contribution in [0.2, 0.25) is 0 Å². The van der Waals surface area contributed by atoms with Gasteiger partial charge >= 0.3 is 5.91 Å². The van der Waals surface area contributed by atoms with Crippen molar-refractivity contribution < 1.29 is 33.3 Å². The number of hydrogen-bond donors (Lipinski definition) is 1. The second-order valence-electron chi connectivity index (χ2n) is 4.44. The highest BCUT2D eigenvalue weighted by molar-refractivity contribution is 6.03. The van der Waals surface area contributed by atoms with Gasteiger partial charge in [0.2, 0.25) is 0 Å². The number of pyridine rings is 1. The number of nitrogens with zero attached hydrogens (tertiary/aromatic N) is 1.